The maximum atomic E-state index is 13.1. The van der Waals surface area contributed by atoms with Crippen LogP contribution in [0, 0.1) is 0 Å². The Morgan fingerprint density at radius 3 is 2.55 bits per heavy atom. The van der Waals surface area contributed by atoms with E-state index in [4.69, 9.17) is 4.74 Å². The van der Waals surface area contributed by atoms with Gasteiger partial charge in [0.15, 0.2) is 0 Å². The number of rotatable bonds is 7. The lowest BCUT2D eigenvalue weighted by atomic mass is 10.0. The zero-order chi connectivity index (χ0) is 21.8. The molecule has 6 nitrogen and oxygen atoms in total. The Balaban J connectivity index is 1.34. The highest BCUT2D eigenvalue weighted by Crippen LogP contribution is 2.31. The van der Waals surface area contributed by atoms with Crippen LogP contribution in [-0.2, 0) is 13.1 Å². The number of fused-ring (bicyclic) bond motifs is 1. The summed E-state index contributed by atoms with van der Waals surface area (Å²) in [6.07, 6.45) is 2.91. The van der Waals surface area contributed by atoms with Crippen molar-refractivity contribution in [1.82, 2.24) is 15.1 Å². The zero-order valence-electron chi connectivity index (χ0n) is 18.4. The number of amides is 2. The van der Waals surface area contributed by atoms with E-state index in [1.165, 1.54) is 5.56 Å². The SMILES string of the molecule is CCCOc1ccc(CN2CCC(N3Cc4cccc(C(=O)NC)c4C3=O)CC2)cc1. The quantitative estimate of drug-likeness (QED) is 0.744. The Labute approximate surface area is 184 Å². The summed E-state index contributed by atoms with van der Waals surface area (Å²) in [5.41, 5.74) is 3.30. The summed E-state index contributed by atoms with van der Waals surface area (Å²) in [5, 5.41) is 2.64. The molecule has 0 aliphatic carbocycles. The van der Waals surface area contributed by atoms with Crippen LogP contribution < -0.4 is 10.1 Å². The minimum atomic E-state index is -0.201. The lowest BCUT2D eigenvalue weighted by Crippen LogP contribution is -2.44. The zero-order valence-corrected chi connectivity index (χ0v) is 18.4. The van der Waals surface area contributed by atoms with E-state index < -0.39 is 0 Å². The normalized spacial score (nSPS) is 17.0. The molecule has 2 amide bonds. The first-order chi connectivity index (χ1) is 15.1. The van der Waals surface area contributed by atoms with Gasteiger partial charge in [0, 0.05) is 39.3 Å². The molecule has 2 aliphatic heterocycles. The molecule has 6 heteroatoms. The molecule has 2 heterocycles. The fourth-order valence-corrected chi connectivity index (χ4v) is 4.56. The number of piperidine rings is 1. The van der Waals surface area contributed by atoms with Crippen molar-refractivity contribution >= 4 is 11.8 Å². The summed E-state index contributed by atoms with van der Waals surface area (Å²) in [6, 6.07) is 14.1. The molecule has 164 valence electrons. The standard InChI is InChI=1S/C25H31N3O3/c1-3-15-31-21-9-7-18(8-10-21)16-27-13-11-20(12-14-27)28-17-19-5-4-6-22(24(29)26-2)23(19)25(28)30/h4-10,20H,3,11-17H2,1-2H3,(H,26,29). The lowest BCUT2D eigenvalue weighted by Gasteiger charge is -2.36. The van der Waals surface area contributed by atoms with Gasteiger partial charge >= 0.3 is 0 Å². The lowest BCUT2D eigenvalue weighted by molar-refractivity contribution is 0.0588. The fourth-order valence-electron chi connectivity index (χ4n) is 4.56. The Morgan fingerprint density at radius 1 is 1.13 bits per heavy atom. The minimum absolute atomic E-state index is 0.00434. The number of carbonyl (C=O) groups is 2. The highest BCUT2D eigenvalue weighted by molar-refractivity contribution is 6.09. The molecule has 31 heavy (non-hydrogen) atoms. The number of hydrogen-bond acceptors (Lipinski definition) is 4. The van der Waals surface area contributed by atoms with Crippen LogP contribution in [0.5, 0.6) is 5.75 Å². The Bertz CT molecular complexity index is 934. The second-order valence-electron chi connectivity index (χ2n) is 8.35. The monoisotopic (exact) mass is 421 g/mol. The predicted molar refractivity (Wildman–Crippen MR) is 120 cm³/mol. The number of nitrogens with one attached hydrogen (secondary N) is 1. The summed E-state index contributed by atoms with van der Waals surface area (Å²) in [4.78, 5) is 29.7. The molecule has 0 saturated carbocycles. The van der Waals surface area contributed by atoms with Crippen molar-refractivity contribution in [3.05, 3.63) is 64.7 Å². The van der Waals surface area contributed by atoms with Crippen molar-refractivity contribution in [3.8, 4) is 5.75 Å². The molecule has 2 aromatic rings. The van der Waals surface area contributed by atoms with Gasteiger partial charge in [-0.05, 0) is 48.6 Å². The number of ether oxygens (including phenoxy) is 1. The van der Waals surface area contributed by atoms with Gasteiger partial charge in [-0.15, -0.1) is 0 Å². The first-order valence-electron chi connectivity index (χ1n) is 11.2. The third-order valence-electron chi connectivity index (χ3n) is 6.24. The predicted octanol–water partition coefficient (Wildman–Crippen LogP) is 3.46. The number of benzene rings is 2. The molecule has 1 fully saturated rings. The van der Waals surface area contributed by atoms with Crippen LogP contribution in [0.3, 0.4) is 0 Å². The molecule has 0 aromatic heterocycles. The molecule has 0 bridgehead atoms. The second-order valence-corrected chi connectivity index (χ2v) is 8.35. The maximum absolute atomic E-state index is 13.1. The van der Waals surface area contributed by atoms with Gasteiger partial charge in [-0.3, -0.25) is 14.5 Å². The summed E-state index contributed by atoms with van der Waals surface area (Å²) < 4.78 is 5.66. The molecule has 0 unspecified atom stereocenters. The van der Waals surface area contributed by atoms with Gasteiger partial charge in [-0.2, -0.15) is 0 Å². The highest BCUT2D eigenvalue weighted by Gasteiger charge is 2.36. The fraction of sp³-hybridized carbons (Fsp3) is 0.440. The molecule has 0 radical (unpaired) electrons. The van der Waals surface area contributed by atoms with Gasteiger partial charge in [-0.25, -0.2) is 0 Å². The molecular weight excluding hydrogens is 390 g/mol. The first-order valence-corrected chi connectivity index (χ1v) is 11.2. The smallest absolute Gasteiger partial charge is 0.255 e. The van der Waals surface area contributed by atoms with Crippen molar-refractivity contribution in [2.45, 2.75) is 45.3 Å². The van der Waals surface area contributed by atoms with Gasteiger partial charge in [0.2, 0.25) is 0 Å². The van der Waals surface area contributed by atoms with Crippen LogP contribution in [0.4, 0.5) is 0 Å². The van der Waals surface area contributed by atoms with Crippen LogP contribution in [-0.4, -0.2) is 54.4 Å². The van der Waals surface area contributed by atoms with Crippen LogP contribution in [0.15, 0.2) is 42.5 Å². The van der Waals surface area contributed by atoms with Gasteiger partial charge in [0.05, 0.1) is 17.7 Å². The number of nitrogens with zero attached hydrogens (tertiary/aromatic N) is 2. The molecule has 1 N–H and O–H groups in total. The molecule has 1 saturated heterocycles. The van der Waals surface area contributed by atoms with Crippen molar-refractivity contribution in [3.63, 3.8) is 0 Å². The molecule has 0 atom stereocenters. The van der Waals surface area contributed by atoms with Crippen molar-refractivity contribution < 1.29 is 14.3 Å². The third kappa shape index (κ3) is 4.59. The summed E-state index contributed by atoms with van der Waals surface area (Å²) in [7, 11) is 1.60. The number of carbonyl (C=O) groups excluding carboxylic acids is 2. The second kappa shape index (κ2) is 9.52. The molecule has 4 rings (SSSR count). The van der Waals surface area contributed by atoms with E-state index >= 15 is 0 Å². The van der Waals surface area contributed by atoms with E-state index in [-0.39, 0.29) is 17.9 Å². The van der Waals surface area contributed by atoms with E-state index in [1.807, 2.05) is 29.2 Å². The van der Waals surface area contributed by atoms with Crippen molar-refractivity contribution in [2.24, 2.45) is 0 Å². The average molecular weight is 422 g/mol. The minimum Gasteiger partial charge on any atom is -0.494 e. The third-order valence-corrected chi connectivity index (χ3v) is 6.24. The topological polar surface area (TPSA) is 61.9 Å². The Kier molecular flexibility index (Phi) is 6.56. The summed E-state index contributed by atoms with van der Waals surface area (Å²) in [5.74, 6) is 0.718. The van der Waals surface area contributed by atoms with Gasteiger partial charge in [0.25, 0.3) is 11.8 Å². The van der Waals surface area contributed by atoms with E-state index in [0.29, 0.717) is 17.7 Å². The first kappa shape index (κ1) is 21.4. The maximum Gasteiger partial charge on any atom is 0.255 e. The average Bonchev–Trinajstić information content (AvgIpc) is 3.15. The van der Waals surface area contributed by atoms with Crippen LogP contribution in [0.2, 0.25) is 0 Å². The molecule has 2 aromatic carbocycles. The number of hydrogen-bond donors (Lipinski definition) is 1. The Morgan fingerprint density at radius 2 is 1.87 bits per heavy atom. The van der Waals surface area contributed by atoms with Gasteiger partial charge in [-0.1, -0.05) is 31.2 Å². The van der Waals surface area contributed by atoms with Crippen LogP contribution in [0.1, 0.15) is 58.0 Å². The molecular formula is C25H31N3O3. The van der Waals surface area contributed by atoms with Crippen molar-refractivity contribution in [1.29, 1.82) is 0 Å². The Hall–Kier alpha value is -2.86. The van der Waals surface area contributed by atoms with Gasteiger partial charge in [0.1, 0.15) is 5.75 Å². The van der Waals surface area contributed by atoms with E-state index in [0.717, 1.165) is 56.8 Å². The van der Waals surface area contributed by atoms with Crippen molar-refractivity contribution in [2.75, 3.05) is 26.7 Å². The highest BCUT2D eigenvalue weighted by atomic mass is 16.5. The van der Waals surface area contributed by atoms with Crippen LogP contribution >= 0.6 is 0 Å². The van der Waals surface area contributed by atoms with E-state index in [2.05, 4.69) is 29.3 Å². The van der Waals surface area contributed by atoms with E-state index in [1.54, 1.807) is 13.1 Å². The largest absolute Gasteiger partial charge is 0.494 e. The summed E-state index contributed by atoms with van der Waals surface area (Å²) >= 11 is 0. The van der Waals surface area contributed by atoms with Crippen LogP contribution in [0.25, 0.3) is 0 Å². The molecule has 2 aliphatic rings. The van der Waals surface area contributed by atoms with Gasteiger partial charge < -0.3 is 15.0 Å². The summed E-state index contributed by atoms with van der Waals surface area (Å²) in [6.45, 7) is 6.28. The molecule has 0 spiro atoms. The van der Waals surface area contributed by atoms with E-state index in [9.17, 15) is 9.59 Å². The number of likely N-dealkylation sites (tertiary alicyclic amines) is 1.